The lowest BCUT2D eigenvalue weighted by atomic mass is 10.1. The van der Waals surface area contributed by atoms with Gasteiger partial charge < -0.3 is 9.30 Å². The van der Waals surface area contributed by atoms with E-state index in [0.717, 1.165) is 23.6 Å². The molecule has 0 bridgehead atoms. The number of aromatic nitrogens is 2. The van der Waals surface area contributed by atoms with Crippen molar-refractivity contribution in [1.29, 1.82) is 0 Å². The van der Waals surface area contributed by atoms with Gasteiger partial charge in [0.1, 0.15) is 18.2 Å². The minimum Gasteiger partial charge on any atom is -0.491 e. The maximum atomic E-state index is 6.00. The lowest BCUT2D eigenvalue weighted by Crippen LogP contribution is -2.10. The van der Waals surface area contributed by atoms with Crippen LogP contribution in [0.25, 0.3) is 11.0 Å². The molecule has 0 unspecified atom stereocenters. The summed E-state index contributed by atoms with van der Waals surface area (Å²) in [6.07, 6.45) is 0. The Morgan fingerprint density at radius 1 is 0.952 bits per heavy atom. The summed E-state index contributed by atoms with van der Waals surface area (Å²) in [7, 11) is 0. The molecule has 0 saturated heterocycles. The lowest BCUT2D eigenvalue weighted by Gasteiger charge is -2.13. The van der Waals surface area contributed by atoms with Crippen LogP contribution in [-0.4, -0.2) is 16.2 Å². The summed E-state index contributed by atoms with van der Waals surface area (Å²) < 4.78 is 8.21. The van der Waals surface area contributed by atoms with Crippen molar-refractivity contribution in [1.82, 2.24) is 9.55 Å². The molecule has 3 aromatic rings. The largest absolute Gasteiger partial charge is 0.491 e. The highest BCUT2D eigenvalue weighted by molar-refractivity contribution is 5.75. The molecular formula is C18H20N2O. The van der Waals surface area contributed by atoms with Gasteiger partial charge >= 0.3 is 0 Å². The van der Waals surface area contributed by atoms with Crippen LogP contribution in [0.3, 0.4) is 0 Å². The molecule has 108 valence electrons. The first kappa shape index (κ1) is 13.7. The monoisotopic (exact) mass is 280 g/mol. The fraction of sp³-hybridized carbons (Fsp3) is 0.278. The van der Waals surface area contributed by atoms with Crippen LogP contribution >= 0.6 is 0 Å². The molecule has 0 fully saturated rings. The Bertz CT molecular complexity index is 754. The maximum absolute atomic E-state index is 6.00. The first-order valence-corrected chi connectivity index (χ1v) is 7.27. The van der Waals surface area contributed by atoms with E-state index in [-0.39, 0.29) is 0 Å². The molecule has 3 rings (SSSR count). The molecule has 1 heterocycles. The van der Waals surface area contributed by atoms with E-state index >= 15 is 0 Å². The molecule has 0 aliphatic rings. The van der Waals surface area contributed by atoms with Crippen LogP contribution in [0.4, 0.5) is 0 Å². The number of hydrogen-bond donors (Lipinski definition) is 0. The third kappa shape index (κ3) is 2.64. The second-order valence-corrected chi connectivity index (χ2v) is 5.37. The molecule has 1 aromatic heterocycles. The Morgan fingerprint density at radius 2 is 1.67 bits per heavy atom. The third-order valence-corrected chi connectivity index (χ3v) is 3.82. The van der Waals surface area contributed by atoms with Gasteiger partial charge in [0.2, 0.25) is 0 Å². The van der Waals surface area contributed by atoms with Gasteiger partial charge in [-0.15, -0.1) is 0 Å². The second-order valence-electron chi connectivity index (χ2n) is 5.37. The number of imidazole rings is 1. The topological polar surface area (TPSA) is 27.1 Å². The van der Waals surface area contributed by atoms with Crippen LogP contribution in [0.2, 0.25) is 0 Å². The minimum absolute atomic E-state index is 0.646. The number of benzene rings is 2. The van der Waals surface area contributed by atoms with Crippen LogP contribution in [-0.2, 0) is 6.54 Å². The zero-order chi connectivity index (χ0) is 14.8. The van der Waals surface area contributed by atoms with Crippen molar-refractivity contribution in [3.63, 3.8) is 0 Å². The lowest BCUT2D eigenvalue weighted by molar-refractivity contribution is 0.295. The number of aryl methyl sites for hydroxylation is 3. The summed E-state index contributed by atoms with van der Waals surface area (Å²) in [6.45, 7) is 7.66. The van der Waals surface area contributed by atoms with E-state index in [1.54, 1.807) is 0 Å². The van der Waals surface area contributed by atoms with Crippen molar-refractivity contribution in [2.24, 2.45) is 0 Å². The van der Waals surface area contributed by atoms with E-state index in [2.05, 4.69) is 47.7 Å². The van der Waals surface area contributed by atoms with Crippen molar-refractivity contribution in [3.05, 3.63) is 59.4 Å². The van der Waals surface area contributed by atoms with E-state index in [9.17, 15) is 0 Å². The Labute approximate surface area is 125 Å². The zero-order valence-corrected chi connectivity index (χ0v) is 12.8. The van der Waals surface area contributed by atoms with Crippen molar-refractivity contribution in [3.8, 4) is 5.75 Å². The van der Waals surface area contributed by atoms with Gasteiger partial charge in [0.05, 0.1) is 17.6 Å². The highest BCUT2D eigenvalue weighted by atomic mass is 16.5. The van der Waals surface area contributed by atoms with Gasteiger partial charge in [0, 0.05) is 0 Å². The Morgan fingerprint density at radius 3 is 2.43 bits per heavy atom. The van der Waals surface area contributed by atoms with Gasteiger partial charge in [0.15, 0.2) is 0 Å². The standard InChI is InChI=1S/C18H20N2O/c1-13-7-6-8-14(2)18(13)21-12-11-20-15(3)19-16-9-4-5-10-17(16)20/h4-10H,11-12H2,1-3H3. The third-order valence-electron chi connectivity index (χ3n) is 3.82. The van der Waals surface area contributed by atoms with E-state index in [0.29, 0.717) is 6.61 Å². The van der Waals surface area contributed by atoms with Crippen LogP contribution in [0.15, 0.2) is 42.5 Å². The fourth-order valence-electron chi connectivity index (χ4n) is 2.74. The number of rotatable bonds is 4. The smallest absolute Gasteiger partial charge is 0.125 e. The highest BCUT2D eigenvalue weighted by Gasteiger charge is 2.07. The molecule has 3 nitrogen and oxygen atoms in total. The average molecular weight is 280 g/mol. The van der Waals surface area contributed by atoms with Crippen molar-refractivity contribution >= 4 is 11.0 Å². The summed E-state index contributed by atoms with van der Waals surface area (Å²) in [4.78, 5) is 4.58. The first-order valence-electron chi connectivity index (χ1n) is 7.27. The summed E-state index contributed by atoms with van der Waals surface area (Å²) in [5.74, 6) is 2.03. The molecule has 0 saturated carbocycles. The van der Waals surface area contributed by atoms with Gasteiger partial charge in [0.25, 0.3) is 0 Å². The van der Waals surface area contributed by atoms with Crippen molar-refractivity contribution in [2.75, 3.05) is 6.61 Å². The number of hydrogen-bond acceptors (Lipinski definition) is 2. The molecule has 3 heteroatoms. The summed E-state index contributed by atoms with van der Waals surface area (Å²) in [6, 6.07) is 14.4. The summed E-state index contributed by atoms with van der Waals surface area (Å²) >= 11 is 0. The van der Waals surface area contributed by atoms with E-state index in [4.69, 9.17) is 4.74 Å². The van der Waals surface area contributed by atoms with Crippen LogP contribution in [0.5, 0.6) is 5.75 Å². The molecule has 2 aromatic carbocycles. The molecule has 0 spiro atoms. The molecule has 0 radical (unpaired) electrons. The molecule has 0 amide bonds. The van der Waals surface area contributed by atoms with Crippen molar-refractivity contribution < 1.29 is 4.74 Å². The predicted octanol–water partition coefficient (Wildman–Crippen LogP) is 4.04. The molecule has 0 N–H and O–H groups in total. The predicted molar refractivity (Wildman–Crippen MR) is 85.9 cm³/mol. The molecular weight excluding hydrogens is 260 g/mol. The molecule has 21 heavy (non-hydrogen) atoms. The van der Waals surface area contributed by atoms with E-state index in [1.165, 1.54) is 16.6 Å². The fourth-order valence-corrected chi connectivity index (χ4v) is 2.74. The normalized spacial score (nSPS) is 11.0. The SMILES string of the molecule is Cc1cccc(C)c1OCCn1c(C)nc2ccccc21. The molecule has 0 aliphatic heterocycles. The Balaban J connectivity index is 1.77. The van der Waals surface area contributed by atoms with E-state index in [1.807, 2.05) is 25.1 Å². The molecule has 0 aliphatic carbocycles. The second kappa shape index (κ2) is 5.60. The van der Waals surface area contributed by atoms with Crippen LogP contribution in [0.1, 0.15) is 17.0 Å². The first-order chi connectivity index (χ1) is 10.2. The number of nitrogens with zero attached hydrogens (tertiary/aromatic N) is 2. The number of para-hydroxylation sites is 3. The van der Waals surface area contributed by atoms with Crippen molar-refractivity contribution in [2.45, 2.75) is 27.3 Å². The summed E-state index contributed by atoms with van der Waals surface area (Å²) in [5.41, 5.74) is 4.58. The van der Waals surface area contributed by atoms with E-state index < -0.39 is 0 Å². The van der Waals surface area contributed by atoms with Gasteiger partial charge in [-0.1, -0.05) is 30.3 Å². The number of fused-ring (bicyclic) bond motifs is 1. The van der Waals surface area contributed by atoms with Gasteiger partial charge in [-0.25, -0.2) is 4.98 Å². The zero-order valence-electron chi connectivity index (χ0n) is 12.8. The maximum Gasteiger partial charge on any atom is 0.125 e. The van der Waals surface area contributed by atoms with Gasteiger partial charge in [-0.05, 0) is 44.0 Å². The highest BCUT2D eigenvalue weighted by Crippen LogP contribution is 2.22. The quantitative estimate of drug-likeness (QED) is 0.721. The Hall–Kier alpha value is -2.29. The van der Waals surface area contributed by atoms with Crippen LogP contribution in [0, 0.1) is 20.8 Å². The average Bonchev–Trinajstić information content (AvgIpc) is 2.78. The van der Waals surface area contributed by atoms with Gasteiger partial charge in [-0.3, -0.25) is 0 Å². The van der Waals surface area contributed by atoms with Crippen LogP contribution < -0.4 is 4.74 Å². The summed E-state index contributed by atoms with van der Waals surface area (Å²) in [5, 5.41) is 0. The minimum atomic E-state index is 0.646. The number of ether oxygens (including phenoxy) is 1. The van der Waals surface area contributed by atoms with Gasteiger partial charge in [-0.2, -0.15) is 0 Å². The Kier molecular flexibility index (Phi) is 3.65. The molecule has 0 atom stereocenters.